The molecule has 0 aromatic rings. The topological polar surface area (TPSA) is 9.23 Å². The summed E-state index contributed by atoms with van der Waals surface area (Å²) in [5, 5.41) is 0. The molecule has 0 aromatic carbocycles. The first kappa shape index (κ1) is 15.7. The molecule has 1 atom stereocenters. The predicted molar refractivity (Wildman–Crippen MR) is 40.4 cm³/mol. The largest absolute Gasteiger partial charge is 0.813 e. The van der Waals surface area contributed by atoms with Gasteiger partial charge in [0.25, 0.3) is 0 Å². The fourth-order valence-corrected chi connectivity index (χ4v) is 0.422. The first-order chi connectivity index (χ1) is 2.41. The molecule has 0 aliphatic heterocycles. The number of terminal acetylenes is 1. The summed E-state index contributed by atoms with van der Waals surface area (Å²) in [5.74, 6) is 2.34. The smallest absolute Gasteiger partial charge is 0.153 e. The molecule has 0 spiro atoms. The summed E-state index contributed by atoms with van der Waals surface area (Å²) >= 11 is 0.594. The summed E-state index contributed by atoms with van der Waals surface area (Å²) in [4.78, 5) is 0. The van der Waals surface area contributed by atoms with Crippen LogP contribution in [0.4, 0.5) is 0 Å². The van der Waals surface area contributed by atoms with Crippen molar-refractivity contribution in [2.45, 2.75) is 0 Å². The Morgan fingerprint density at radius 1 is 1.71 bits per heavy atom. The van der Waals surface area contributed by atoms with Crippen LogP contribution in [0.2, 0.25) is 0 Å². The second-order valence-corrected chi connectivity index (χ2v) is 1.81. The van der Waals surface area contributed by atoms with Gasteiger partial charge in [0.1, 0.15) is 0 Å². The molecule has 4 heteroatoms. The molecule has 0 aliphatic carbocycles. The fraction of sp³-hybridized carbons (Fsp3) is 0.333. The van der Waals surface area contributed by atoms with E-state index in [0.717, 1.165) is 0 Å². The zero-order valence-electron chi connectivity index (χ0n) is 3.92. The molecule has 0 aliphatic rings. The van der Waals surface area contributed by atoms with Gasteiger partial charge < -0.3 is 13.5 Å². The zero-order chi connectivity index (χ0) is 4.12. The minimum Gasteiger partial charge on any atom is -0.813 e. The average molecular weight is 327 g/mol. The van der Waals surface area contributed by atoms with Crippen molar-refractivity contribution in [2.75, 3.05) is 6.61 Å². The zero-order valence-corrected chi connectivity index (χ0v) is 10.7. The average Bonchev–Trinajstić information content (AvgIpc) is 1.41. The SMILES string of the molecule is C#CC[O][Tl].P.[SH-]. The van der Waals surface area contributed by atoms with E-state index in [4.69, 9.17) is 6.42 Å². The Morgan fingerprint density at radius 3 is 2.14 bits per heavy atom. The van der Waals surface area contributed by atoms with Crippen molar-refractivity contribution < 1.29 is 2.69 Å². The third-order valence-electron chi connectivity index (χ3n) is 0.167. The summed E-state index contributed by atoms with van der Waals surface area (Å²) in [5.41, 5.74) is 0. The maximum atomic E-state index is 4.79. The molecule has 7 heavy (non-hydrogen) atoms. The molecule has 0 bridgehead atoms. The Bertz CT molecular complexity index is 53.4. The van der Waals surface area contributed by atoms with Gasteiger partial charge >= 0.3 is 47.9 Å². The van der Waals surface area contributed by atoms with Crippen molar-refractivity contribution in [2.24, 2.45) is 0 Å². The van der Waals surface area contributed by atoms with Gasteiger partial charge in [0.05, 0.1) is 0 Å². The summed E-state index contributed by atoms with van der Waals surface area (Å²) in [7, 11) is 0. The first-order valence-corrected chi connectivity index (χ1v) is 3.00. The third-order valence-corrected chi connectivity index (χ3v) is 0.815. The standard InChI is InChI=1S/C3H3O.H3P.H2S.Tl/c1-2-3-4;;;/h1H,3H2;1H3;1H2;/q-1;;;+1/p-1. The number of thiol groups is 1. The number of rotatable bonds is 1. The van der Waals surface area contributed by atoms with Crippen LogP contribution in [-0.4, -0.2) is 32.8 Å². The Hall–Kier alpha value is 1.22. The van der Waals surface area contributed by atoms with Gasteiger partial charge in [-0.05, 0) is 0 Å². The normalized spacial score (nSPS) is 4.29. The molecular formula is C3H7OPSTl-. The van der Waals surface area contributed by atoms with E-state index in [1.165, 1.54) is 0 Å². The molecule has 40 valence electrons. The van der Waals surface area contributed by atoms with Gasteiger partial charge in [0.2, 0.25) is 0 Å². The molecule has 0 amide bonds. The van der Waals surface area contributed by atoms with Crippen molar-refractivity contribution in [1.82, 2.24) is 0 Å². The van der Waals surface area contributed by atoms with E-state index in [1.807, 2.05) is 0 Å². The predicted octanol–water partition coefficient (Wildman–Crippen LogP) is -0.492. The van der Waals surface area contributed by atoms with Crippen LogP contribution in [0.1, 0.15) is 0 Å². The van der Waals surface area contributed by atoms with E-state index in [0.29, 0.717) is 32.8 Å². The molecule has 0 saturated heterocycles. The van der Waals surface area contributed by atoms with Crippen LogP contribution in [-0.2, 0) is 16.2 Å². The summed E-state index contributed by atoms with van der Waals surface area (Å²) in [6.45, 7) is 0.491. The summed E-state index contributed by atoms with van der Waals surface area (Å²) in [6, 6.07) is 0. The van der Waals surface area contributed by atoms with Gasteiger partial charge in [-0.1, -0.05) is 0 Å². The Morgan fingerprint density at radius 2 is 2.14 bits per heavy atom. The summed E-state index contributed by atoms with van der Waals surface area (Å²) in [6.07, 6.45) is 4.79. The number of hydrogen-bond donors (Lipinski definition) is 0. The van der Waals surface area contributed by atoms with E-state index in [9.17, 15) is 0 Å². The maximum Gasteiger partial charge on any atom is -0.153 e. The van der Waals surface area contributed by atoms with E-state index in [1.54, 1.807) is 0 Å². The van der Waals surface area contributed by atoms with Gasteiger partial charge in [0.15, 0.2) is 0 Å². The Balaban J connectivity index is -0.0000000800. The van der Waals surface area contributed by atoms with Crippen LogP contribution >= 0.6 is 9.90 Å². The van der Waals surface area contributed by atoms with Crippen molar-refractivity contribution in [1.29, 1.82) is 0 Å². The molecule has 0 N–H and O–H groups in total. The monoisotopic (exact) mass is 327 g/mol. The van der Waals surface area contributed by atoms with Crippen molar-refractivity contribution in [3.63, 3.8) is 0 Å². The second-order valence-electron chi connectivity index (χ2n) is 0.515. The fourth-order valence-electron chi connectivity index (χ4n) is 0.0481. The van der Waals surface area contributed by atoms with Crippen LogP contribution in [0.15, 0.2) is 0 Å². The van der Waals surface area contributed by atoms with Crippen LogP contribution in [0.3, 0.4) is 0 Å². The van der Waals surface area contributed by atoms with Crippen molar-refractivity contribution in [3.05, 3.63) is 0 Å². The van der Waals surface area contributed by atoms with Gasteiger partial charge in [0, 0.05) is 0 Å². The van der Waals surface area contributed by atoms with Crippen LogP contribution < -0.4 is 0 Å². The minimum atomic E-state index is 0. The summed E-state index contributed by atoms with van der Waals surface area (Å²) < 4.78 is 4.62. The molecule has 0 saturated carbocycles. The quantitative estimate of drug-likeness (QED) is 0.211. The Kier molecular flexibility index (Phi) is 35.2. The van der Waals surface area contributed by atoms with E-state index in [2.05, 4.69) is 8.61 Å². The third kappa shape index (κ3) is 19.0. The molecule has 0 rings (SSSR count). The van der Waals surface area contributed by atoms with Gasteiger partial charge in [-0.2, -0.15) is 9.90 Å². The number of hydrogen-bond acceptors (Lipinski definition) is 2. The molecule has 0 radical (unpaired) electrons. The van der Waals surface area contributed by atoms with Crippen LogP contribution in [0.5, 0.6) is 0 Å². The van der Waals surface area contributed by atoms with Crippen LogP contribution in [0, 0.1) is 12.3 Å². The first-order valence-electron chi connectivity index (χ1n) is 1.17. The maximum absolute atomic E-state index is 4.79. The van der Waals surface area contributed by atoms with Crippen LogP contribution in [0.25, 0.3) is 0 Å². The minimum absolute atomic E-state index is 0. The van der Waals surface area contributed by atoms with Gasteiger partial charge in [-0.15, -0.1) is 0 Å². The van der Waals surface area contributed by atoms with Crippen molar-refractivity contribution >= 4 is 49.6 Å². The Labute approximate surface area is 71.0 Å². The second kappa shape index (κ2) is 15.7. The molecule has 0 heterocycles. The van der Waals surface area contributed by atoms with E-state index < -0.39 is 0 Å². The molecule has 1 unspecified atom stereocenters. The molecule has 0 fully saturated rings. The molecule has 1 nitrogen and oxygen atoms in total. The van der Waals surface area contributed by atoms with E-state index >= 15 is 0 Å². The van der Waals surface area contributed by atoms with Gasteiger partial charge in [-0.25, -0.2) is 0 Å². The molecular weight excluding hydrogens is 319 g/mol. The molecule has 0 aromatic heterocycles. The van der Waals surface area contributed by atoms with Gasteiger partial charge in [-0.3, -0.25) is 0 Å². The van der Waals surface area contributed by atoms with Crippen molar-refractivity contribution in [3.8, 4) is 12.3 Å². The van der Waals surface area contributed by atoms with E-state index in [-0.39, 0.29) is 23.4 Å².